The standard InChI is InChI=1S/C14H11F3O3S/c1-2-19-13(18)12-7-10(8-21-12)9-4-3-5-11(6-9)20-14(15,16)17/h3-8H,2H2,1H3. The Hall–Kier alpha value is -2.02. The van der Waals surface area contributed by atoms with Gasteiger partial charge in [-0.3, -0.25) is 0 Å². The van der Waals surface area contributed by atoms with Gasteiger partial charge in [0.25, 0.3) is 0 Å². The largest absolute Gasteiger partial charge is 0.573 e. The Morgan fingerprint density at radius 3 is 2.67 bits per heavy atom. The third kappa shape index (κ3) is 4.22. The topological polar surface area (TPSA) is 35.5 Å². The van der Waals surface area contributed by atoms with Gasteiger partial charge in [-0.05, 0) is 41.6 Å². The maximum absolute atomic E-state index is 12.2. The molecule has 0 saturated heterocycles. The van der Waals surface area contributed by atoms with Crippen molar-refractivity contribution in [1.82, 2.24) is 0 Å². The van der Waals surface area contributed by atoms with E-state index in [0.29, 0.717) is 16.0 Å². The minimum atomic E-state index is -4.73. The summed E-state index contributed by atoms with van der Waals surface area (Å²) in [5.74, 6) is -0.750. The lowest BCUT2D eigenvalue weighted by molar-refractivity contribution is -0.274. The summed E-state index contributed by atoms with van der Waals surface area (Å²) in [6.07, 6.45) is -4.73. The minimum absolute atomic E-state index is 0.265. The van der Waals surface area contributed by atoms with E-state index in [2.05, 4.69) is 4.74 Å². The first-order valence-corrected chi connectivity index (χ1v) is 6.89. The number of carbonyl (C=O) groups excluding carboxylic acids is 1. The quantitative estimate of drug-likeness (QED) is 0.780. The molecule has 0 aliphatic rings. The van der Waals surface area contributed by atoms with Crippen LogP contribution in [0.5, 0.6) is 5.75 Å². The third-order valence-corrected chi connectivity index (χ3v) is 3.39. The fourth-order valence-corrected chi connectivity index (χ4v) is 2.48. The van der Waals surface area contributed by atoms with Crippen LogP contribution in [-0.2, 0) is 4.74 Å². The highest BCUT2D eigenvalue weighted by Gasteiger charge is 2.31. The number of halogens is 3. The predicted octanol–water partition coefficient (Wildman–Crippen LogP) is 4.49. The molecule has 2 rings (SSSR count). The molecule has 0 N–H and O–H groups in total. The van der Waals surface area contributed by atoms with Crippen LogP contribution in [0.15, 0.2) is 35.7 Å². The van der Waals surface area contributed by atoms with Crippen molar-refractivity contribution in [3.63, 3.8) is 0 Å². The molecule has 0 aliphatic heterocycles. The molecule has 3 nitrogen and oxygen atoms in total. The van der Waals surface area contributed by atoms with Crippen LogP contribution < -0.4 is 4.74 Å². The van der Waals surface area contributed by atoms with Crippen LogP contribution in [0.25, 0.3) is 11.1 Å². The first-order chi connectivity index (χ1) is 9.89. The average molecular weight is 316 g/mol. The van der Waals surface area contributed by atoms with Gasteiger partial charge in [-0.2, -0.15) is 0 Å². The van der Waals surface area contributed by atoms with Gasteiger partial charge in [0.2, 0.25) is 0 Å². The Balaban J connectivity index is 2.22. The maximum Gasteiger partial charge on any atom is 0.573 e. The first kappa shape index (κ1) is 15.4. The number of hydrogen-bond donors (Lipinski definition) is 0. The number of benzene rings is 1. The molecule has 0 fully saturated rings. The molecular weight excluding hydrogens is 305 g/mol. The van der Waals surface area contributed by atoms with Crippen LogP contribution in [0.4, 0.5) is 13.2 Å². The van der Waals surface area contributed by atoms with Crippen LogP contribution in [0.1, 0.15) is 16.6 Å². The number of ether oxygens (including phenoxy) is 2. The summed E-state index contributed by atoms with van der Waals surface area (Å²) in [7, 11) is 0. The summed E-state index contributed by atoms with van der Waals surface area (Å²) in [5, 5.41) is 1.68. The number of esters is 1. The van der Waals surface area contributed by atoms with E-state index in [0.717, 1.165) is 0 Å². The zero-order valence-corrected chi connectivity index (χ0v) is 11.8. The van der Waals surface area contributed by atoms with Crippen LogP contribution in [0.2, 0.25) is 0 Å². The summed E-state index contributed by atoms with van der Waals surface area (Å²) in [5.41, 5.74) is 1.17. The molecule has 2 aromatic rings. The number of hydrogen-bond acceptors (Lipinski definition) is 4. The monoisotopic (exact) mass is 316 g/mol. The van der Waals surface area contributed by atoms with E-state index in [1.807, 2.05) is 0 Å². The van der Waals surface area contributed by atoms with Crippen molar-refractivity contribution >= 4 is 17.3 Å². The van der Waals surface area contributed by atoms with E-state index < -0.39 is 12.3 Å². The zero-order chi connectivity index (χ0) is 15.5. The fraction of sp³-hybridized carbons (Fsp3) is 0.214. The Morgan fingerprint density at radius 2 is 2.00 bits per heavy atom. The molecule has 0 saturated carbocycles. The Labute approximate surface area is 122 Å². The molecule has 0 spiro atoms. The molecule has 1 heterocycles. The second kappa shape index (κ2) is 6.17. The van der Waals surface area contributed by atoms with E-state index >= 15 is 0 Å². The van der Waals surface area contributed by atoms with Crippen molar-refractivity contribution in [3.8, 4) is 16.9 Å². The van der Waals surface area contributed by atoms with Gasteiger partial charge in [-0.25, -0.2) is 4.79 Å². The Morgan fingerprint density at radius 1 is 1.24 bits per heavy atom. The third-order valence-electron chi connectivity index (χ3n) is 2.48. The van der Waals surface area contributed by atoms with Crippen LogP contribution in [0, 0.1) is 0 Å². The second-order valence-corrected chi connectivity index (χ2v) is 4.91. The molecule has 0 radical (unpaired) electrons. The van der Waals surface area contributed by atoms with Crippen LogP contribution in [0.3, 0.4) is 0 Å². The lowest BCUT2D eigenvalue weighted by atomic mass is 10.1. The number of thiophene rings is 1. The Bertz CT molecular complexity index is 634. The smallest absolute Gasteiger partial charge is 0.462 e. The number of alkyl halides is 3. The number of rotatable bonds is 4. The summed E-state index contributed by atoms with van der Waals surface area (Å²) >= 11 is 1.17. The molecule has 0 aliphatic carbocycles. The van der Waals surface area contributed by atoms with Gasteiger partial charge in [0, 0.05) is 0 Å². The summed E-state index contributed by atoms with van der Waals surface area (Å²) < 4.78 is 45.3. The molecule has 0 atom stereocenters. The van der Waals surface area contributed by atoms with E-state index in [1.165, 1.54) is 29.5 Å². The lowest BCUT2D eigenvalue weighted by Gasteiger charge is -2.09. The molecule has 0 unspecified atom stereocenters. The molecule has 7 heteroatoms. The zero-order valence-electron chi connectivity index (χ0n) is 10.9. The molecule has 0 amide bonds. The van der Waals surface area contributed by atoms with Crippen molar-refractivity contribution in [3.05, 3.63) is 40.6 Å². The highest BCUT2D eigenvalue weighted by atomic mass is 32.1. The highest BCUT2D eigenvalue weighted by Crippen LogP contribution is 2.30. The number of carbonyl (C=O) groups is 1. The van der Waals surface area contributed by atoms with E-state index in [9.17, 15) is 18.0 Å². The van der Waals surface area contributed by atoms with Crippen molar-refractivity contribution in [2.24, 2.45) is 0 Å². The van der Waals surface area contributed by atoms with Crippen molar-refractivity contribution < 1.29 is 27.4 Å². The van der Waals surface area contributed by atoms with Crippen LogP contribution in [-0.4, -0.2) is 18.9 Å². The molecule has 1 aromatic heterocycles. The van der Waals surface area contributed by atoms with Gasteiger partial charge < -0.3 is 9.47 Å². The highest BCUT2D eigenvalue weighted by molar-refractivity contribution is 7.12. The van der Waals surface area contributed by atoms with Gasteiger partial charge in [0.1, 0.15) is 10.6 Å². The molecular formula is C14H11F3O3S. The first-order valence-electron chi connectivity index (χ1n) is 6.01. The lowest BCUT2D eigenvalue weighted by Crippen LogP contribution is -2.17. The van der Waals surface area contributed by atoms with E-state index in [1.54, 1.807) is 24.4 Å². The van der Waals surface area contributed by atoms with E-state index in [4.69, 9.17) is 4.74 Å². The minimum Gasteiger partial charge on any atom is -0.462 e. The van der Waals surface area contributed by atoms with E-state index in [-0.39, 0.29) is 12.4 Å². The molecule has 112 valence electrons. The maximum atomic E-state index is 12.2. The van der Waals surface area contributed by atoms with Gasteiger partial charge in [0.15, 0.2) is 0 Å². The van der Waals surface area contributed by atoms with Crippen LogP contribution >= 0.6 is 11.3 Å². The summed E-state index contributed by atoms with van der Waals surface area (Å²) in [4.78, 5) is 12.0. The van der Waals surface area contributed by atoms with Crippen molar-refractivity contribution in [2.45, 2.75) is 13.3 Å². The molecule has 0 bridgehead atoms. The SMILES string of the molecule is CCOC(=O)c1cc(-c2cccc(OC(F)(F)F)c2)cs1. The Kier molecular flexibility index (Phi) is 4.52. The average Bonchev–Trinajstić information content (AvgIpc) is 2.87. The van der Waals surface area contributed by atoms with Crippen molar-refractivity contribution in [1.29, 1.82) is 0 Å². The van der Waals surface area contributed by atoms with Gasteiger partial charge in [-0.1, -0.05) is 12.1 Å². The molecule has 21 heavy (non-hydrogen) atoms. The summed E-state index contributed by atoms with van der Waals surface area (Å²) in [6.45, 7) is 1.96. The fourth-order valence-electron chi connectivity index (χ4n) is 1.67. The van der Waals surface area contributed by atoms with Crippen molar-refractivity contribution in [2.75, 3.05) is 6.61 Å². The molecule has 1 aromatic carbocycles. The second-order valence-electron chi connectivity index (χ2n) is 4.00. The van der Waals surface area contributed by atoms with Gasteiger partial charge in [-0.15, -0.1) is 24.5 Å². The van der Waals surface area contributed by atoms with Gasteiger partial charge in [0.05, 0.1) is 6.61 Å². The normalized spacial score (nSPS) is 11.2. The van der Waals surface area contributed by atoms with Gasteiger partial charge >= 0.3 is 12.3 Å². The summed E-state index contributed by atoms with van der Waals surface area (Å²) in [6, 6.07) is 7.16. The predicted molar refractivity (Wildman–Crippen MR) is 72.4 cm³/mol.